The van der Waals surface area contributed by atoms with E-state index in [1.54, 1.807) is 6.33 Å². The Hall–Kier alpha value is -2.15. The molecule has 7 nitrogen and oxygen atoms in total. The molecule has 0 amide bonds. The number of nitrogens with zero attached hydrogens (tertiary/aromatic N) is 5. The highest BCUT2D eigenvalue weighted by atomic mass is 16.5. The standard InChI is InChI=1S/C18H26N6O/c1-23(18-14-5-3-4-6-15(14)22-24(18)2)16-11-17(21-12-20-16)25-13-7-9-19-10-8-13/h11-13,19H,3-10H2,1-2H3. The molecule has 25 heavy (non-hydrogen) atoms. The molecule has 0 unspecified atom stereocenters. The number of piperidine rings is 1. The lowest BCUT2D eigenvalue weighted by atomic mass is 9.97. The van der Waals surface area contributed by atoms with Crippen LogP contribution in [0.5, 0.6) is 5.88 Å². The van der Waals surface area contributed by atoms with Crippen LogP contribution in [-0.2, 0) is 19.9 Å². The average Bonchev–Trinajstić information content (AvgIpc) is 2.98. The summed E-state index contributed by atoms with van der Waals surface area (Å²) < 4.78 is 8.04. The van der Waals surface area contributed by atoms with Gasteiger partial charge in [0.25, 0.3) is 0 Å². The minimum atomic E-state index is 0.235. The molecule has 134 valence electrons. The third kappa shape index (κ3) is 3.33. The molecule has 1 fully saturated rings. The lowest BCUT2D eigenvalue weighted by molar-refractivity contribution is 0.156. The summed E-state index contributed by atoms with van der Waals surface area (Å²) in [7, 11) is 4.06. The zero-order valence-electron chi connectivity index (χ0n) is 15.0. The van der Waals surface area contributed by atoms with Crippen LogP contribution >= 0.6 is 0 Å². The third-order valence-electron chi connectivity index (χ3n) is 5.15. The van der Waals surface area contributed by atoms with Crippen molar-refractivity contribution in [3.8, 4) is 5.88 Å². The minimum absolute atomic E-state index is 0.235. The van der Waals surface area contributed by atoms with Crippen molar-refractivity contribution in [1.29, 1.82) is 0 Å². The second-order valence-electron chi connectivity index (χ2n) is 6.92. The molecule has 2 aromatic heterocycles. The predicted molar refractivity (Wildman–Crippen MR) is 96.5 cm³/mol. The van der Waals surface area contributed by atoms with Crippen LogP contribution in [0.3, 0.4) is 0 Å². The van der Waals surface area contributed by atoms with Crippen molar-refractivity contribution in [3.63, 3.8) is 0 Å². The van der Waals surface area contributed by atoms with E-state index in [4.69, 9.17) is 9.84 Å². The van der Waals surface area contributed by atoms with E-state index in [0.29, 0.717) is 5.88 Å². The zero-order chi connectivity index (χ0) is 17.2. The largest absolute Gasteiger partial charge is 0.474 e. The summed E-state index contributed by atoms with van der Waals surface area (Å²) in [4.78, 5) is 10.9. The Morgan fingerprint density at radius 3 is 2.84 bits per heavy atom. The first kappa shape index (κ1) is 16.3. The van der Waals surface area contributed by atoms with Gasteiger partial charge >= 0.3 is 0 Å². The van der Waals surface area contributed by atoms with Crippen LogP contribution in [-0.4, -0.2) is 46.0 Å². The minimum Gasteiger partial charge on any atom is -0.474 e. The van der Waals surface area contributed by atoms with Crippen LogP contribution in [0.25, 0.3) is 0 Å². The van der Waals surface area contributed by atoms with Gasteiger partial charge < -0.3 is 15.0 Å². The molecular formula is C18H26N6O. The Morgan fingerprint density at radius 2 is 2.00 bits per heavy atom. The Bertz CT molecular complexity index is 737. The van der Waals surface area contributed by atoms with Gasteiger partial charge in [-0.05, 0) is 51.6 Å². The summed E-state index contributed by atoms with van der Waals surface area (Å²) in [5, 5.41) is 8.06. The van der Waals surface area contributed by atoms with Gasteiger partial charge in [0, 0.05) is 25.7 Å². The predicted octanol–water partition coefficient (Wildman–Crippen LogP) is 1.99. The number of nitrogens with one attached hydrogen (secondary N) is 1. The fraction of sp³-hybridized carbons (Fsp3) is 0.611. The lowest BCUT2D eigenvalue weighted by Crippen LogP contribution is -2.34. The summed E-state index contributed by atoms with van der Waals surface area (Å²) in [6.07, 6.45) is 8.48. The highest BCUT2D eigenvalue weighted by molar-refractivity contribution is 5.61. The molecule has 0 atom stereocenters. The highest BCUT2D eigenvalue weighted by Crippen LogP contribution is 2.33. The first-order chi connectivity index (χ1) is 12.2. The number of anilines is 2. The van der Waals surface area contributed by atoms with Crippen LogP contribution in [0, 0.1) is 0 Å². The molecule has 2 aromatic rings. The summed E-state index contributed by atoms with van der Waals surface area (Å²) in [6.45, 7) is 2.01. The first-order valence-corrected chi connectivity index (χ1v) is 9.20. The topological polar surface area (TPSA) is 68.1 Å². The normalized spacial score (nSPS) is 18.0. The van der Waals surface area contributed by atoms with Gasteiger partial charge in [-0.3, -0.25) is 4.68 Å². The van der Waals surface area contributed by atoms with E-state index in [1.165, 1.54) is 24.1 Å². The molecule has 0 spiro atoms. The number of aryl methyl sites for hydroxylation is 2. The van der Waals surface area contributed by atoms with Crippen molar-refractivity contribution in [2.45, 2.75) is 44.6 Å². The van der Waals surface area contributed by atoms with Gasteiger partial charge in [0.15, 0.2) is 0 Å². The third-order valence-corrected chi connectivity index (χ3v) is 5.15. The second kappa shape index (κ2) is 7.00. The van der Waals surface area contributed by atoms with E-state index in [-0.39, 0.29) is 6.10 Å². The number of ether oxygens (including phenoxy) is 1. The maximum atomic E-state index is 6.07. The zero-order valence-corrected chi connectivity index (χ0v) is 15.0. The summed E-state index contributed by atoms with van der Waals surface area (Å²) in [6, 6.07) is 1.93. The SMILES string of the molecule is CN(c1cc(OC2CCNCC2)ncn1)c1c2c(nn1C)CCCC2. The van der Waals surface area contributed by atoms with Crippen LogP contribution < -0.4 is 15.0 Å². The monoisotopic (exact) mass is 342 g/mol. The first-order valence-electron chi connectivity index (χ1n) is 9.20. The molecule has 1 aliphatic heterocycles. The van der Waals surface area contributed by atoms with E-state index in [0.717, 1.165) is 50.4 Å². The Kier molecular flexibility index (Phi) is 4.57. The fourth-order valence-electron chi connectivity index (χ4n) is 3.85. The molecular weight excluding hydrogens is 316 g/mol. The van der Waals surface area contributed by atoms with Gasteiger partial charge in [-0.1, -0.05) is 0 Å². The molecule has 7 heteroatoms. The number of aromatic nitrogens is 4. The molecule has 1 aliphatic carbocycles. The van der Waals surface area contributed by atoms with Gasteiger partial charge in [0.2, 0.25) is 5.88 Å². The van der Waals surface area contributed by atoms with Crippen molar-refractivity contribution < 1.29 is 4.74 Å². The van der Waals surface area contributed by atoms with Crippen LogP contribution in [0.2, 0.25) is 0 Å². The molecule has 4 rings (SSSR count). The molecule has 1 N–H and O–H groups in total. The fourth-order valence-corrected chi connectivity index (χ4v) is 3.85. The summed E-state index contributed by atoms with van der Waals surface area (Å²) in [5.41, 5.74) is 2.59. The molecule has 0 radical (unpaired) electrons. The quantitative estimate of drug-likeness (QED) is 0.916. The van der Waals surface area contributed by atoms with Crippen LogP contribution in [0.15, 0.2) is 12.4 Å². The van der Waals surface area contributed by atoms with E-state index >= 15 is 0 Å². The number of fused-ring (bicyclic) bond motifs is 1. The molecule has 1 saturated heterocycles. The highest BCUT2D eigenvalue weighted by Gasteiger charge is 2.23. The van der Waals surface area contributed by atoms with Crippen molar-refractivity contribution in [1.82, 2.24) is 25.1 Å². The van der Waals surface area contributed by atoms with Crippen LogP contribution in [0.1, 0.15) is 36.9 Å². The van der Waals surface area contributed by atoms with Crippen molar-refractivity contribution >= 4 is 11.6 Å². The molecule has 3 heterocycles. The van der Waals surface area contributed by atoms with E-state index < -0.39 is 0 Å². The van der Waals surface area contributed by atoms with Gasteiger partial charge in [0.05, 0.1) is 5.69 Å². The van der Waals surface area contributed by atoms with Gasteiger partial charge in [-0.2, -0.15) is 5.10 Å². The molecule has 0 aromatic carbocycles. The smallest absolute Gasteiger partial charge is 0.218 e. The lowest BCUT2D eigenvalue weighted by Gasteiger charge is -2.24. The maximum absolute atomic E-state index is 6.07. The summed E-state index contributed by atoms with van der Waals surface area (Å²) >= 11 is 0. The Balaban J connectivity index is 1.57. The Labute approximate surface area is 148 Å². The van der Waals surface area contributed by atoms with E-state index in [9.17, 15) is 0 Å². The molecule has 0 bridgehead atoms. The van der Waals surface area contributed by atoms with Gasteiger partial charge in [-0.15, -0.1) is 0 Å². The number of hydrogen-bond donors (Lipinski definition) is 1. The van der Waals surface area contributed by atoms with Crippen LogP contribution in [0.4, 0.5) is 11.6 Å². The average molecular weight is 342 g/mol. The van der Waals surface area contributed by atoms with Gasteiger partial charge in [-0.25, -0.2) is 9.97 Å². The van der Waals surface area contributed by atoms with Crippen molar-refractivity contribution in [3.05, 3.63) is 23.7 Å². The summed E-state index contributed by atoms with van der Waals surface area (Å²) in [5.74, 6) is 2.62. The number of rotatable bonds is 4. The van der Waals surface area contributed by atoms with Crippen molar-refractivity contribution in [2.24, 2.45) is 7.05 Å². The maximum Gasteiger partial charge on any atom is 0.218 e. The number of hydrogen-bond acceptors (Lipinski definition) is 6. The second-order valence-corrected chi connectivity index (χ2v) is 6.92. The van der Waals surface area contributed by atoms with Gasteiger partial charge in [0.1, 0.15) is 24.1 Å². The Morgan fingerprint density at radius 1 is 1.20 bits per heavy atom. The van der Waals surface area contributed by atoms with E-state index in [1.807, 2.05) is 24.8 Å². The van der Waals surface area contributed by atoms with Crippen molar-refractivity contribution in [2.75, 3.05) is 25.0 Å². The van der Waals surface area contributed by atoms with E-state index in [2.05, 4.69) is 20.2 Å². The molecule has 0 saturated carbocycles. The molecule has 2 aliphatic rings.